The topological polar surface area (TPSA) is 64.4 Å². The molecule has 0 saturated heterocycles. The van der Waals surface area contributed by atoms with Crippen LogP contribution < -0.4 is 4.74 Å². The second kappa shape index (κ2) is 11.1. The molecule has 0 bridgehead atoms. The van der Waals surface area contributed by atoms with E-state index in [2.05, 4.69) is 34.0 Å². The minimum Gasteiger partial charge on any atom is -0.493 e. The number of ether oxygens (including phenoxy) is 1. The van der Waals surface area contributed by atoms with Crippen molar-refractivity contribution in [1.29, 1.82) is 0 Å². The predicted octanol–water partition coefficient (Wildman–Crippen LogP) is 5.37. The van der Waals surface area contributed by atoms with Gasteiger partial charge in [0.2, 0.25) is 0 Å². The number of unbranched alkanes of at least 4 members (excludes halogenated alkanes) is 4. The Bertz CT molecular complexity index is 743. The number of carboxylic acids is 1. The number of aryl methyl sites for hydroxylation is 2. The van der Waals surface area contributed by atoms with Crippen LogP contribution in [0.5, 0.6) is 5.75 Å². The van der Waals surface area contributed by atoms with Gasteiger partial charge in [0.25, 0.3) is 0 Å². The predicted molar refractivity (Wildman–Crippen MR) is 110 cm³/mol. The second-order valence-electron chi connectivity index (χ2n) is 6.84. The van der Waals surface area contributed by atoms with Crippen molar-refractivity contribution in [3.63, 3.8) is 0 Å². The molecule has 0 amide bonds. The van der Waals surface area contributed by atoms with Gasteiger partial charge >= 0.3 is 5.97 Å². The van der Waals surface area contributed by atoms with Gasteiger partial charge in [-0.2, -0.15) is 5.10 Å². The summed E-state index contributed by atoms with van der Waals surface area (Å²) in [4.78, 5) is 10.8. The second-order valence-corrected chi connectivity index (χ2v) is 7.76. The number of aromatic nitrogens is 2. The average Bonchev–Trinajstić information content (AvgIpc) is 2.97. The van der Waals surface area contributed by atoms with Crippen LogP contribution in [0.2, 0.25) is 0 Å². The molecule has 1 aromatic heterocycles. The van der Waals surface area contributed by atoms with Crippen LogP contribution in [0.1, 0.15) is 62.4 Å². The quantitative estimate of drug-likeness (QED) is 0.454. The zero-order valence-corrected chi connectivity index (χ0v) is 17.8. The van der Waals surface area contributed by atoms with E-state index < -0.39 is 5.97 Å². The Kier molecular flexibility index (Phi) is 8.85. The molecule has 27 heavy (non-hydrogen) atoms. The van der Waals surface area contributed by atoms with Gasteiger partial charge in [0, 0.05) is 22.2 Å². The molecule has 148 valence electrons. The van der Waals surface area contributed by atoms with Crippen LogP contribution >= 0.6 is 15.9 Å². The average molecular weight is 437 g/mol. The lowest BCUT2D eigenvalue weighted by Gasteiger charge is -2.13. The number of halogens is 1. The minimum atomic E-state index is -0.802. The maximum absolute atomic E-state index is 10.8. The number of hydrogen-bond donors (Lipinski definition) is 1. The van der Waals surface area contributed by atoms with Crippen LogP contribution in [0.3, 0.4) is 0 Å². The molecule has 2 aromatic rings. The summed E-state index contributed by atoms with van der Waals surface area (Å²) in [6, 6.07) is 8.00. The van der Waals surface area contributed by atoms with E-state index in [9.17, 15) is 4.79 Å². The number of hydrogen-bond acceptors (Lipinski definition) is 3. The zero-order valence-electron chi connectivity index (χ0n) is 16.2. The number of carbonyl (C=O) groups is 1. The van der Waals surface area contributed by atoms with Crippen LogP contribution in [0.4, 0.5) is 0 Å². The lowest BCUT2D eigenvalue weighted by atomic mass is 10.1. The monoisotopic (exact) mass is 436 g/mol. The van der Waals surface area contributed by atoms with Crippen LogP contribution in [0.25, 0.3) is 0 Å². The molecule has 6 heteroatoms. The van der Waals surface area contributed by atoms with E-state index in [0.29, 0.717) is 13.0 Å². The van der Waals surface area contributed by atoms with Crippen molar-refractivity contribution >= 4 is 21.9 Å². The molecule has 1 heterocycles. The van der Waals surface area contributed by atoms with Crippen molar-refractivity contribution in [1.82, 2.24) is 9.78 Å². The van der Waals surface area contributed by atoms with Gasteiger partial charge in [-0.05, 0) is 37.6 Å². The lowest BCUT2D eigenvalue weighted by molar-refractivity contribution is -0.136. The molecular formula is C21H29BrN2O3. The molecular weight excluding hydrogens is 408 g/mol. The Morgan fingerprint density at radius 1 is 1.22 bits per heavy atom. The van der Waals surface area contributed by atoms with Crippen molar-refractivity contribution < 1.29 is 14.6 Å². The summed E-state index contributed by atoms with van der Waals surface area (Å²) in [5.41, 5.74) is 2.89. The third-order valence-corrected chi connectivity index (χ3v) is 4.97. The molecule has 0 aliphatic carbocycles. The van der Waals surface area contributed by atoms with Gasteiger partial charge in [0.1, 0.15) is 5.75 Å². The van der Waals surface area contributed by atoms with E-state index in [1.165, 1.54) is 25.7 Å². The zero-order chi connectivity index (χ0) is 19.6. The van der Waals surface area contributed by atoms with Gasteiger partial charge in [0.05, 0.1) is 25.3 Å². The molecule has 1 N–H and O–H groups in total. The van der Waals surface area contributed by atoms with Crippen molar-refractivity contribution in [3.05, 3.63) is 45.7 Å². The summed E-state index contributed by atoms with van der Waals surface area (Å²) in [7, 11) is 0. The SMILES string of the molecule is CCCCCCCOc1ccc(Br)cc1Cn1nc(CCC(=O)O)cc1C. The fourth-order valence-corrected chi connectivity index (χ4v) is 3.37. The largest absolute Gasteiger partial charge is 0.493 e. The van der Waals surface area contributed by atoms with E-state index in [-0.39, 0.29) is 6.42 Å². The first kappa shape index (κ1) is 21.5. The van der Waals surface area contributed by atoms with Gasteiger partial charge in [-0.1, -0.05) is 48.5 Å². The highest BCUT2D eigenvalue weighted by Crippen LogP contribution is 2.25. The van der Waals surface area contributed by atoms with E-state index >= 15 is 0 Å². The Hall–Kier alpha value is -1.82. The summed E-state index contributed by atoms with van der Waals surface area (Å²) in [5, 5.41) is 13.4. The Morgan fingerprint density at radius 3 is 2.74 bits per heavy atom. The van der Waals surface area contributed by atoms with Crippen molar-refractivity contribution in [2.24, 2.45) is 0 Å². The van der Waals surface area contributed by atoms with Crippen molar-refractivity contribution in [2.75, 3.05) is 6.61 Å². The van der Waals surface area contributed by atoms with Crippen molar-refractivity contribution in [2.45, 2.75) is 65.3 Å². The van der Waals surface area contributed by atoms with E-state index in [1.807, 2.05) is 29.8 Å². The van der Waals surface area contributed by atoms with Gasteiger partial charge in [-0.3, -0.25) is 9.48 Å². The molecule has 0 spiro atoms. The first-order valence-electron chi connectivity index (χ1n) is 9.66. The number of nitrogens with zero attached hydrogens (tertiary/aromatic N) is 2. The van der Waals surface area contributed by atoms with Crippen LogP contribution in [-0.2, 0) is 17.8 Å². The highest BCUT2D eigenvalue weighted by atomic mass is 79.9. The van der Waals surface area contributed by atoms with Crippen molar-refractivity contribution in [3.8, 4) is 5.75 Å². The summed E-state index contributed by atoms with van der Waals surface area (Å²) in [6.07, 6.45) is 6.60. The van der Waals surface area contributed by atoms with Gasteiger partial charge in [-0.25, -0.2) is 0 Å². The molecule has 0 saturated carbocycles. The van der Waals surface area contributed by atoms with E-state index in [1.54, 1.807) is 0 Å². The smallest absolute Gasteiger partial charge is 0.303 e. The van der Waals surface area contributed by atoms with Crippen LogP contribution in [-0.4, -0.2) is 27.5 Å². The molecule has 5 nitrogen and oxygen atoms in total. The lowest BCUT2D eigenvalue weighted by Crippen LogP contribution is -2.08. The standard InChI is InChI=1S/C21H29BrN2O3/c1-3-4-5-6-7-12-27-20-10-8-18(22)14-17(20)15-24-16(2)13-19(23-24)9-11-21(25)26/h8,10,13-14H,3-7,9,11-12,15H2,1-2H3,(H,25,26). The maximum Gasteiger partial charge on any atom is 0.303 e. The molecule has 0 atom stereocenters. The van der Waals surface area contributed by atoms with Gasteiger partial charge in [0.15, 0.2) is 0 Å². The first-order valence-corrected chi connectivity index (χ1v) is 10.4. The van der Waals surface area contributed by atoms with E-state index in [0.717, 1.165) is 40.2 Å². The van der Waals surface area contributed by atoms with Gasteiger partial charge < -0.3 is 9.84 Å². The summed E-state index contributed by atoms with van der Waals surface area (Å²) < 4.78 is 8.94. The van der Waals surface area contributed by atoms with Gasteiger partial charge in [-0.15, -0.1) is 0 Å². The maximum atomic E-state index is 10.8. The number of aliphatic carboxylic acids is 1. The molecule has 2 rings (SSSR count). The fraction of sp³-hybridized carbons (Fsp3) is 0.524. The summed E-state index contributed by atoms with van der Waals surface area (Å²) >= 11 is 3.53. The normalized spacial score (nSPS) is 10.9. The van der Waals surface area contributed by atoms with Crippen LogP contribution in [0.15, 0.2) is 28.7 Å². The third-order valence-electron chi connectivity index (χ3n) is 4.47. The number of carboxylic acid groups (broad SMARTS) is 1. The molecule has 0 fully saturated rings. The molecule has 0 radical (unpaired) electrons. The van der Waals surface area contributed by atoms with Crippen LogP contribution in [0, 0.1) is 6.92 Å². The Labute approximate surface area is 169 Å². The molecule has 0 aliphatic rings. The molecule has 0 unspecified atom stereocenters. The summed E-state index contributed by atoms with van der Waals surface area (Å²) in [5.74, 6) is 0.0829. The number of rotatable bonds is 12. The summed E-state index contributed by atoms with van der Waals surface area (Å²) in [6.45, 7) is 5.53. The minimum absolute atomic E-state index is 0.0970. The Balaban J connectivity index is 2.00. The number of benzene rings is 1. The Morgan fingerprint density at radius 2 is 2.00 bits per heavy atom. The molecule has 0 aliphatic heterocycles. The first-order chi connectivity index (χ1) is 13.0. The highest BCUT2D eigenvalue weighted by Gasteiger charge is 2.11. The highest BCUT2D eigenvalue weighted by molar-refractivity contribution is 9.10. The van der Waals surface area contributed by atoms with E-state index in [4.69, 9.17) is 9.84 Å². The molecule has 1 aromatic carbocycles. The fourth-order valence-electron chi connectivity index (χ4n) is 2.96. The third kappa shape index (κ3) is 7.37.